The van der Waals surface area contributed by atoms with E-state index in [4.69, 9.17) is 4.74 Å². The molecule has 20 heavy (non-hydrogen) atoms. The van der Waals surface area contributed by atoms with E-state index in [1.54, 1.807) is 0 Å². The van der Waals surface area contributed by atoms with Crippen LogP contribution in [-0.4, -0.2) is 24.3 Å². The minimum atomic E-state index is -0.0831. The summed E-state index contributed by atoms with van der Waals surface area (Å²) in [5.41, 5.74) is 1.28. The lowest BCUT2D eigenvalue weighted by atomic mass is 9.75. The van der Waals surface area contributed by atoms with E-state index >= 15 is 0 Å². The highest BCUT2D eigenvalue weighted by Crippen LogP contribution is 2.46. The third kappa shape index (κ3) is 3.07. The van der Waals surface area contributed by atoms with Crippen LogP contribution in [0.3, 0.4) is 0 Å². The van der Waals surface area contributed by atoms with Crippen molar-refractivity contribution in [3.05, 3.63) is 35.9 Å². The van der Waals surface area contributed by atoms with Crippen LogP contribution in [0.1, 0.15) is 52.5 Å². The predicted molar refractivity (Wildman–Crippen MR) is 85.1 cm³/mol. The van der Waals surface area contributed by atoms with Gasteiger partial charge in [-0.1, -0.05) is 37.3 Å². The van der Waals surface area contributed by atoms with Crippen LogP contribution >= 0.6 is 0 Å². The first kappa shape index (κ1) is 15.5. The Bertz CT molecular complexity index is 438. The highest BCUT2D eigenvalue weighted by molar-refractivity contribution is 5.22. The molecule has 0 spiro atoms. The van der Waals surface area contributed by atoms with Gasteiger partial charge in [-0.2, -0.15) is 0 Å². The Labute approximate surface area is 123 Å². The second kappa shape index (κ2) is 5.50. The van der Waals surface area contributed by atoms with Crippen LogP contribution < -0.4 is 5.32 Å². The molecule has 1 aliphatic rings. The van der Waals surface area contributed by atoms with Crippen LogP contribution in [0.25, 0.3) is 0 Å². The van der Waals surface area contributed by atoms with Gasteiger partial charge >= 0.3 is 0 Å². The summed E-state index contributed by atoms with van der Waals surface area (Å²) in [6.07, 6.45) is 1.10. The Morgan fingerprint density at radius 3 is 2.20 bits per heavy atom. The number of rotatable bonds is 4. The predicted octanol–water partition coefficient (Wildman–Crippen LogP) is 3.97. The molecule has 1 aromatic rings. The van der Waals surface area contributed by atoms with Gasteiger partial charge in [0.2, 0.25) is 0 Å². The third-order valence-electron chi connectivity index (χ3n) is 4.77. The van der Waals surface area contributed by atoms with E-state index in [1.807, 2.05) is 0 Å². The SMILES string of the molecule is CNC(C(C)c1ccccc1)C1CC(C)(C)OC1(C)C. The molecule has 0 amide bonds. The Kier molecular flexibility index (Phi) is 4.27. The maximum absolute atomic E-state index is 6.28. The summed E-state index contributed by atoms with van der Waals surface area (Å²) in [6.45, 7) is 11.2. The summed E-state index contributed by atoms with van der Waals surface area (Å²) in [4.78, 5) is 0. The average Bonchev–Trinajstić information content (AvgIpc) is 2.59. The van der Waals surface area contributed by atoms with Gasteiger partial charge in [0.05, 0.1) is 11.2 Å². The van der Waals surface area contributed by atoms with Gasteiger partial charge in [-0.15, -0.1) is 0 Å². The average molecular weight is 275 g/mol. The second-order valence-electron chi connectivity index (χ2n) is 7.29. The Morgan fingerprint density at radius 2 is 1.75 bits per heavy atom. The summed E-state index contributed by atoms with van der Waals surface area (Å²) in [5.74, 6) is 0.987. The van der Waals surface area contributed by atoms with Crippen LogP contribution in [0.2, 0.25) is 0 Å². The first-order valence-electron chi connectivity index (χ1n) is 7.69. The van der Waals surface area contributed by atoms with E-state index in [0.29, 0.717) is 17.9 Å². The minimum absolute atomic E-state index is 0.0281. The van der Waals surface area contributed by atoms with E-state index in [1.165, 1.54) is 5.56 Å². The van der Waals surface area contributed by atoms with Gasteiger partial charge in [-0.3, -0.25) is 0 Å². The van der Waals surface area contributed by atoms with Crippen molar-refractivity contribution >= 4 is 0 Å². The van der Waals surface area contributed by atoms with Gasteiger partial charge in [0.15, 0.2) is 0 Å². The molecule has 1 fully saturated rings. The van der Waals surface area contributed by atoms with Gasteiger partial charge < -0.3 is 10.1 Å². The fourth-order valence-electron chi connectivity index (χ4n) is 3.93. The zero-order valence-corrected chi connectivity index (χ0v) is 13.7. The van der Waals surface area contributed by atoms with Crippen LogP contribution in [0.5, 0.6) is 0 Å². The van der Waals surface area contributed by atoms with E-state index in [9.17, 15) is 0 Å². The highest BCUT2D eigenvalue weighted by Gasteiger charge is 2.49. The molecule has 0 aliphatic carbocycles. The van der Waals surface area contributed by atoms with Crippen LogP contribution in [0.15, 0.2) is 30.3 Å². The van der Waals surface area contributed by atoms with Crippen molar-refractivity contribution in [2.24, 2.45) is 5.92 Å². The maximum Gasteiger partial charge on any atom is 0.0677 e. The van der Waals surface area contributed by atoms with Gasteiger partial charge in [0, 0.05) is 12.0 Å². The van der Waals surface area contributed by atoms with Gasteiger partial charge in [-0.05, 0) is 52.6 Å². The zero-order chi connectivity index (χ0) is 15.0. The lowest BCUT2D eigenvalue weighted by Gasteiger charge is -2.36. The molecule has 0 radical (unpaired) electrons. The van der Waals surface area contributed by atoms with Crippen LogP contribution in [0.4, 0.5) is 0 Å². The molecule has 1 aromatic carbocycles. The van der Waals surface area contributed by atoms with E-state index in [2.05, 4.69) is 77.3 Å². The molecule has 1 aliphatic heterocycles. The Balaban J connectivity index is 2.24. The number of benzene rings is 1. The van der Waals surface area contributed by atoms with Crippen molar-refractivity contribution in [2.75, 3.05) is 7.05 Å². The Hall–Kier alpha value is -0.860. The first-order valence-corrected chi connectivity index (χ1v) is 7.69. The summed E-state index contributed by atoms with van der Waals surface area (Å²) in [6, 6.07) is 11.2. The smallest absolute Gasteiger partial charge is 0.0677 e. The van der Waals surface area contributed by atoms with Crippen LogP contribution in [-0.2, 0) is 4.74 Å². The molecule has 0 saturated carbocycles. The number of ether oxygens (including phenoxy) is 1. The monoisotopic (exact) mass is 275 g/mol. The third-order valence-corrected chi connectivity index (χ3v) is 4.77. The summed E-state index contributed by atoms with van der Waals surface area (Å²) in [7, 11) is 2.07. The summed E-state index contributed by atoms with van der Waals surface area (Å²) < 4.78 is 6.28. The number of hydrogen-bond donors (Lipinski definition) is 1. The van der Waals surface area contributed by atoms with Crippen molar-refractivity contribution in [1.82, 2.24) is 5.32 Å². The van der Waals surface area contributed by atoms with Gasteiger partial charge in [-0.25, -0.2) is 0 Å². The molecule has 0 aromatic heterocycles. The quantitative estimate of drug-likeness (QED) is 0.897. The normalized spacial score (nSPS) is 27.2. The molecule has 1 heterocycles. The van der Waals surface area contributed by atoms with Gasteiger partial charge in [0.25, 0.3) is 0 Å². The van der Waals surface area contributed by atoms with Crippen molar-refractivity contribution < 1.29 is 4.74 Å². The minimum Gasteiger partial charge on any atom is -0.369 e. The molecule has 3 atom stereocenters. The molecule has 2 rings (SSSR count). The van der Waals surface area contributed by atoms with Crippen molar-refractivity contribution in [1.29, 1.82) is 0 Å². The van der Waals surface area contributed by atoms with Gasteiger partial charge in [0.1, 0.15) is 0 Å². The molecule has 112 valence electrons. The lowest BCUT2D eigenvalue weighted by Crippen LogP contribution is -2.45. The second-order valence-corrected chi connectivity index (χ2v) is 7.29. The number of hydrogen-bond acceptors (Lipinski definition) is 2. The van der Waals surface area contributed by atoms with Crippen molar-refractivity contribution in [3.8, 4) is 0 Å². The van der Waals surface area contributed by atoms with E-state index in [-0.39, 0.29) is 11.2 Å². The summed E-state index contributed by atoms with van der Waals surface area (Å²) in [5, 5.41) is 3.56. The standard InChI is InChI=1S/C18H29NO/c1-13(14-10-8-7-9-11-14)16(19-6)15-12-17(2,3)20-18(15,4)5/h7-11,13,15-16,19H,12H2,1-6H3. The molecule has 2 heteroatoms. The van der Waals surface area contributed by atoms with E-state index < -0.39 is 0 Å². The largest absolute Gasteiger partial charge is 0.369 e. The molecule has 0 bridgehead atoms. The lowest BCUT2D eigenvalue weighted by molar-refractivity contribution is -0.0781. The first-order chi connectivity index (χ1) is 9.27. The van der Waals surface area contributed by atoms with E-state index in [0.717, 1.165) is 6.42 Å². The molecule has 1 N–H and O–H groups in total. The van der Waals surface area contributed by atoms with Crippen molar-refractivity contribution in [2.45, 2.75) is 64.2 Å². The Morgan fingerprint density at radius 1 is 1.15 bits per heavy atom. The highest BCUT2D eigenvalue weighted by atomic mass is 16.5. The number of likely N-dealkylation sites (N-methyl/N-ethyl adjacent to an activating group) is 1. The molecular formula is C18H29NO. The molecule has 2 nitrogen and oxygen atoms in total. The van der Waals surface area contributed by atoms with Crippen LogP contribution in [0, 0.1) is 5.92 Å². The number of nitrogens with one attached hydrogen (secondary N) is 1. The summed E-state index contributed by atoms with van der Waals surface area (Å²) >= 11 is 0. The zero-order valence-electron chi connectivity index (χ0n) is 13.7. The fourth-order valence-corrected chi connectivity index (χ4v) is 3.93. The van der Waals surface area contributed by atoms with Crippen molar-refractivity contribution in [3.63, 3.8) is 0 Å². The maximum atomic E-state index is 6.28. The molecular weight excluding hydrogens is 246 g/mol. The molecule has 1 saturated heterocycles. The fraction of sp³-hybridized carbons (Fsp3) is 0.667. The topological polar surface area (TPSA) is 21.3 Å². The molecule has 3 unspecified atom stereocenters.